The Kier molecular flexibility index (Phi) is 3.33. The third-order valence-electron chi connectivity index (χ3n) is 2.78. The van der Waals surface area contributed by atoms with Crippen molar-refractivity contribution < 1.29 is 19.8 Å². The van der Waals surface area contributed by atoms with E-state index in [1.165, 1.54) is 10.9 Å². The van der Waals surface area contributed by atoms with Crippen molar-refractivity contribution in [2.75, 3.05) is 0 Å². The molecule has 0 aliphatic rings. The molecule has 1 heterocycles. The summed E-state index contributed by atoms with van der Waals surface area (Å²) >= 11 is 0. The van der Waals surface area contributed by atoms with Crippen molar-refractivity contribution in [2.45, 2.75) is 13.3 Å². The third-order valence-corrected chi connectivity index (χ3v) is 2.78. The van der Waals surface area contributed by atoms with Crippen LogP contribution in [0.5, 0.6) is 0 Å². The zero-order valence-electron chi connectivity index (χ0n) is 10.2. The second-order valence-corrected chi connectivity index (χ2v) is 4.10. The first-order valence-corrected chi connectivity index (χ1v) is 5.58. The molecule has 2 N–H and O–H groups in total. The highest BCUT2D eigenvalue weighted by Crippen LogP contribution is 2.15. The van der Waals surface area contributed by atoms with Gasteiger partial charge in [-0.15, -0.1) is 0 Å². The second-order valence-electron chi connectivity index (χ2n) is 4.10. The van der Waals surface area contributed by atoms with Crippen molar-refractivity contribution >= 4 is 11.9 Å². The Balaban J connectivity index is 2.32. The molecule has 0 radical (unpaired) electrons. The predicted octanol–water partition coefficient (Wildman–Crippen LogP) is 1.51. The van der Waals surface area contributed by atoms with Crippen molar-refractivity contribution in [2.24, 2.45) is 0 Å². The molecule has 0 saturated heterocycles. The maximum Gasteiger partial charge on any atom is 0.339 e. The normalized spacial score (nSPS) is 10.4. The minimum absolute atomic E-state index is 0.0429. The first kappa shape index (κ1) is 12.8. The van der Waals surface area contributed by atoms with Crippen LogP contribution in [0.25, 0.3) is 5.69 Å². The molecule has 0 spiro atoms. The Hall–Kier alpha value is -2.63. The summed E-state index contributed by atoms with van der Waals surface area (Å²) < 4.78 is 1.51. The number of rotatable bonds is 4. The summed E-state index contributed by atoms with van der Waals surface area (Å²) in [5.41, 5.74) is 2.05. The standard InChI is InChI=1S/C13H12N2O4/c1-8-11(13(18)19)7-14-15(8)10-4-2-9(3-5-10)6-12(16)17/h2-5,7H,6H2,1H3,(H,16,17)(H,18,19). The van der Waals surface area contributed by atoms with E-state index in [-0.39, 0.29) is 12.0 Å². The average Bonchev–Trinajstić information content (AvgIpc) is 2.71. The van der Waals surface area contributed by atoms with Crippen molar-refractivity contribution in [3.05, 3.63) is 47.3 Å². The number of carboxylic acid groups (broad SMARTS) is 2. The molecule has 0 atom stereocenters. The van der Waals surface area contributed by atoms with Crippen molar-refractivity contribution in [1.29, 1.82) is 0 Å². The number of hydrogen-bond donors (Lipinski definition) is 2. The van der Waals surface area contributed by atoms with Gasteiger partial charge in [0.2, 0.25) is 0 Å². The lowest BCUT2D eigenvalue weighted by molar-refractivity contribution is -0.136. The van der Waals surface area contributed by atoms with Crippen LogP contribution in [0.15, 0.2) is 30.5 Å². The molecule has 1 aromatic carbocycles. The Labute approximate surface area is 108 Å². The number of aliphatic carboxylic acids is 1. The molecule has 6 heteroatoms. The van der Waals surface area contributed by atoms with Crippen LogP contribution in [-0.2, 0) is 11.2 Å². The molecular weight excluding hydrogens is 248 g/mol. The first-order chi connectivity index (χ1) is 8.99. The third kappa shape index (κ3) is 2.62. The van der Waals surface area contributed by atoms with Crippen molar-refractivity contribution in [3.8, 4) is 5.69 Å². The molecule has 0 unspecified atom stereocenters. The van der Waals surface area contributed by atoms with Crippen LogP contribution in [0.3, 0.4) is 0 Å². The lowest BCUT2D eigenvalue weighted by atomic mass is 10.1. The highest BCUT2D eigenvalue weighted by molar-refractivity contribution is 5.88. The van der Waals surface area contributed by atoms with Gasteiger partial charge in [0.25, 0.3) is 0 Å². The quantitative estimate of drug-likeness (QED) is 0.869. The molecule has 0 fully saturated rings. The summed E-state index contributed by atoms with van der Waals surface area (Å²) in [6, 6.07) is 6.80. The molecule has 0 saturated carbocycles. The van der Waals surface area contributed by atoms with Gasteiger partial charge in [-0.25, -0.2) is 9.48 Å². The topological polar surface area (TPSA) is 92.4 Å². The SMILES string of the molecule is Cc1c(C(=O)O)cnn1-c1ccc(CC(=O)O)cc1. The number of carboxylic acids is 2. The largest absolute Gasteiger partial charge is 0.481 e. The number of nitrogens with zero attached hydrogens (tertiary/aromatic N) is 2. The van der Waals surface area contributed by atoms with Crippen LogP contribution >= 0.6 is 0 Å². The number of aromatic carboxylic acids is 1. The van der Waals surface area contributed by atoms with E-state index in [9.17, 15) is 9.59 Å². The summed E-state index contributed by atoms with van der Waals surface area (Å²) in [5.74, 6) is -1.91. The van der Waals surface area contributed by atoms with Crippen LogP contribution in [0.4, 0.5) is 0 Å². The van der Waals surface area contributed by atoms with Gasteiger partial charge in [0.05, 0.1) is 24.0 Å². The monoisotopic (exact) mass is 260 g/mol. The number of carbonyl (C=O) groups is 2. The Bertz CT molecular complexity index is 629. The molecular formula is C13H12N2O4. The van der Waals surface area contributed by atoms with Gasteiger partial charge in [-0.05, 0) is 24.6 Å². The molecule has 98 valence electrons. The van der Waals surface area contributed by atoms with E-state index in [4.69, 9.17) is 10.2 Å². The van der Waals surface area contributed by atoms with E-state index in [2.05, 4.69) is 5.10 Å². The summed E-state index contributed by atoms with van der Waals surface area (Å²) in [6.07, 6.45) is 1.25. The molecule has 2 rings (SSSR count). The van der Waals surface area contributed by atoms with Gasteiger partial charge in [0, 0.05) is 0 Å². The summed E-state index contributed by atoms with van der Waals surface area (Å²) in [6.45, 7) is 1.67. The van der Waals surface area contributed by atoms with Gasteiger partial charge in [-0.1, -0.05) is 12.1 Å². The lowest BCUT2D eigenvalue weighted by Crippen LogP contribution is -2.03. The number of aromatic nitrogens is 2. The average molecular weight is 260 g/mol. The second kappa shape index (κ2) is 4.93. The molecule has 6 nitrogen and oxygen atoms in total. The number of hydrogen-bond acceptors (Lipinski definition) is 3. The molecule has 19 heavy (non-hydrogen) atoms. The van der Waals surface area contributed by atoms with Crippen LogP contribution in [0.1, 0.15) is 21.6 Å². The van der Waals surface area contributed by atoms with Gasteiger partial charge in [-0.2, -0.15) is 5.10 Å². The highest BCUT2D eigenvalue weighted by Gasteiger charge is 2.13. The predicted molar refractivity (Wildman–Crippen MR) is 66.6 cm³/mol. The highest BCUT2D eigenvalue weighted by atomic mass is 16.4. The van der Waals surface area contributed by atoms with Gasteiger partial charge in [-0.3, -0.25) is 4.79 Å². The Morgan fingerprint density at radius 3 is 2.32 bits per heavy atom. The van der Waals surface area contributed by atoms with Crippen molar-refractivity contribution in [3.63, 3.8) is 0 Å². The minimum Gasteiger partial charge on any atom is -0.481 e. The van der Waals surface area contributed by atoms with Gasteiger partial charge >= 0.3 is 11.9 Å². The maximum absolute atomic E-state index is 10.9. The van der Waals surface area contributed by atoms with E-state index in [0.29, 0.717) is 16.9 Å². The zero-order valence-corrected chi connectivity index (χ0v) is 10.2. The fourth-order valence-corrected chi connectivity index (χ4v) is 1.81. The van der Waals surface area contributed by atoms with E-state index in [1.54, 1.807) is 31.2 Å². The van der Waals surface area contributed by atoms with E-state index in [1.807, 2.05) is 0 Å². The maximum atomic E-state index is 10.9. The Morgan fingerprint density at radius 1 is 1.21 bits per heavy atom. The fourth-order valence-electron chi connectivity index (χ4n) is 1.81. The van der Waals surface area contributed by atoms with E-state index < -0.39 is 11.9 Å². The van der Waals surface area contributed by atoms with Crippen LogP contribution in [-0.4, -0.2) is 31.9 Å². The van der Waals surface area contributed by atoms with Gasteiger partial charge in [0.1, 0.15) is 5.56 Å². The van der Waals surface area contributed by atoms with Crippen LogP contribution in [0.2, 0.25) is 0 Å². The molecule has 0 aliphatic carbocycles. The van der Waals surface area contributed by atoms with E-state index >= 15 is 0 Å². The van der Waals surface area contributed by atoms with E-state index in [0.717, 1.165) is 0 Å². The van der Waals surface area contributed by atoms with Crippen LogP contribution < -0.4 is 0 Å². The van der Waals surface area contributed by atoms with Crippen LogP contribution in [0, 0.1) is 6.92 Å². The summed E-state index contributed by atoms with van der Waals surface area (Å²) in [5, 5.41) is 21.6. The van der Waals surface area contributed by atoms with Gasteiger partial charge < -0.3 is 10.2 Å². The number of benzene rings is 1. The smallest absolute Gasteiger partial charge is 0.339 e. The minimum atomic E-state index is -1.02. The molecule has 2 aromatic rings. The molecule has 1 aromatic heterocycles. The molecule has 0 aliphatic heterocycles. The zero-order chi connectivity index (χ0) is 14.0. The Morgan fingerprint density at radius 2 is 1.84 bits per heavy atom. The molecule has 0 amide bonds. The summed E-state index contributed by atoms with van der Waals surface area (Å²) in [7, 11) is 0. The lowest BCUT2D eigenvalue weighted by Gasteiger charge is -2.05. The van der Waals surface area contributed by atoms with Gasteiger partial charge in [0.15, 0.2) is 0 Å². The van der Waals surface area contributed by atoms with Crippen molar-refractivity contribution in [1.82, 2.24) is 9.78 Å². The summed E-state index contributed by atoms with van der Waals surface area (Å²) in [4.78, 5) is 21.5. The first-order valence-electron chi connectivity index (χ1n) is 5.58. The fraction of sp³-hybridized carbons (Fsp3) is 0.154. The molecule has 0 bridgehead atoms.